The number of hydrogen-bond donors (Lipinski definition) is 2. The lowest BCUT2D eigenvalue weighted by molar-refractivity contribution is 0.213. The van der Waals surface area contributed by atoms with Crippen LogP contribution in [0.4, 0.5) is 0 Å². The van der Waals surface area contributed by atoms with Crippen molar-refractivity contribution >= 4 is 41.7 Å². The molecule has 23 heavy (non-hydrogen) atoms. The second kappa shape index (κ2) is 14.6. The minimum Gasteiger partial charge on any atom is -0.356 e. The molecule has 0 spiro atoms. The first-order valence-electron chi connectivity index (χ1n) is 8.84. The predicted molar refractivity (Wildman–Crippen MR) is 116 cm³/mol. The van der Waals surface area contributed by atoms with Gasteiger partial charge in [0.2, 0.25) is 0 Å². The van der Waals surface area contributed by atoms with Crippen LogP contribution in [0.15, 0.2) is 4.99 Å². The molecular weight excluding hydrogens is 419 g/mol. The lowest BCUT2D eigenvalue weighted by Gasteiger charge is -2.29. The molecule has 0 radical (unpaired) electrons. The number of aliphatic imine (C=N–C) groups is 1. The normalized spacial score (nSPS) is 17.2. The molecule has 0 aromatic heterocycles. The molecule has 4 nitrogen and oxygen atoms in total. The molecule has 2 N–H and O–H groups in total. The Morgan fingerprint density at radius 1 is 1.17 bits per heavy atom. The average Bonchev–Trinajstić information content (AvgIpc) is 3.02. The van der Waals surface area contributed by atoms with Gasteiger partial charge in [-0.05, 0) is 63.1 Å². The van der Waals surface area contributed by atoms with Crippen molar-refractivity contribution in [1.29, 1.82) is 0 Å². The van der Waals surface area contributed by atoms with E-state index in [-0.39, 0.29) is 24.0 Å². The molecule has 1 saturated heterocycles. The van der Waals surface area contributed by atoms with E-state index in [1.807, 2.05) is 18.8 Å². The highest BCUT2D eigenvalue weighted by Crippen LogP contribution is 2.17. The fourth-order valence-corrected chi connectivity index (χ4v) is 3.52. The molecule has 1 aliphatic heterocycles. The Morgan fingerprint density at radius 2 is 1.87 bits per heavy atom. The Labute approximate surface area is 165 Å². The molecule has 0 bridgehead atoms. The minimum atomic E-state index is 0. The number of guanidine groups is 1. The number of rotatable bonds is 10. The van der Waals surface area contributed by atoms with Crippen molar-refractivity contribution in [2.24, 2.45) is 10.9 Å². The van der Waals surface area contributed by atoms with Gasteiger partial charge in [0.15, 0.2) is 5.96 Å². The quantitative estimate of drug-likeness (QED) is 0.229. The van der Waals surface area contributed by atoms with Crippen LogP contribution in [0.3, 0.4) is 0 Å². The van der Waals surface area contributed by atoms with E-state index in [4.69, 9.17) is 0 Å². The van der Waals surface area contributed by atoms with Crippen molar-refractivity contribution in [3.8, 4) is 0 Å². The fraction of sp³-hybridized carbons (Fsp3) is 0.941. The number of nitrogens with zero attached hydrogens (tertiary/aromatic N) is 2. The van der Waals surface area contributed by atoms with Crippen LogP contribution in [0, 0.1) is 5.92 Å². The summed E-state index contributed by atoms with van der Waals surface area (Å²) in [6, 6.07) is 0.637. The standard InChI is InChI=1S/C17H36N4S.HI/c1-15(2)13-16(21-10-6-7-11-21)14-20-17(18-3)19-9-5-8-12-22-4;/h15-16H,5-14H2,1-4H3,(H2,18,19,20);1H. The number of nitrogens with one attached hydrogen (secondary N) is 2. The van der Waals surface area contributed by atoms with Crippen molar-refractivity contribution in [2.45, 2.75) is 52.0 Å². The van der Waals surface area contributed by atoms with Crippen LogP contribution in [0.25, 0.3) is 0 Å². The Bertz CT molecular complexity index is 307. The van der Waals surface area contributed by atoms with Crippen molar-refractivity contribution in [2.75, 3.05) is 45.2 Å². The largest absolute Gasteiger partial charge is 0.356 e. The number of hydrogen-bond acceptors (Lipinski definition) is 3. The second-order valence-electron chi connectivity index (χ2n) is 6.61. The molecule has 0 aromatic rings. The van der Waals surface area contributed by atoms with Crippen LogP contribution >= 0.6 is 35.7 Å². The number of likely N-dealkylation sites (tertiary alicyclic amines) is 1. The van der Waals surface area contributed by atoms with Gasteiger partial charge in [-0.1, -0.05) is 13.8 Å². The zero-order valence-corrected chi connectivity index (χ0v) is 18.6. The molecular formula is C17H37IN4S. The van der Waals surface area contributed by atoms with Crippen LogP contribution < -0.4 is 10.6 Å². The molecule has 1 fully saturated rings. The van der Waals surface area contributed by atoms with E-state index >= 15 is 0 Å². The number of unbranched alkanes of at least 4 members (excludes halogenated alkanes) is 1. The van der Waals surface area contributed by atoms with Gasteiger partial charge < -0.3 is 10.6 Å². The first kappa shape index (κ1) is 23.3. The molecule has 0 amide bonds. The smallest absolute Gasteiger partial charge is 0.191 e. The van der Waals surface area contributed by atoms with E-state index in [2.05, 4.69) is 40.6 Å². The Balaban J connectivity index is 0.00000484. The fourth-order valence-electron chi connectivity index (χ4n) is 3.03. The van der Waals surface area contributed by atoms with Gasteiger partial charge in [0, 0.05) is 26.2 Å². The van der Waals surface area contributed by atoms with E-state index in [1.54, 1.807) is 0 Å². The molecule has 0 aliphatic carbocycles. The van der Waals surface area contributed by atoms with Crippen LogP contribution in [0.5, 0.6) is 0 Å². The summed E-state index contributed by atoms with van der Waals surface area (Å²) in [5.41, 5.74) is 0. The Hall–Kier alpha value is 0.310. The van der Waals surface area contributed by atoms with Crippen molar-refractivity contribution < 1.29 is 0 Å². The van der Waals surface area contributed by atoms with Crippen LogP contribution in [0.2, 0.25) is 0 Å². The van der Waals surface area contributed by atoms with Crippen LogP contribution in [-0.4, -0.2) is 62.1 Å². The first-order valence-corrected chi connectivity index (χ1v) is 10.2. The molecule has 1 rings (SSSR count). The van der Waals surface area contributed by atoms with E-state index in [1.165, 1.54) is 50.9 Å². The van der Waals surface area contributed by atoms with E-state index in [9.17, 15) is 0 Å². The summed E-state index contributed by atoms with van der Waals surface area (Å²) in [7, 11) is 1.87. The summed E-state index contributed by atoms with van der Waals surface area (Å²) in [6.45, 7) is 9.19. The SMILES string of the molecule is CN=C(NCCCCSC)NCC(CC(C)C)N1CCCC1.I. The predicted octanol–water partition coefficient (Wildman–Crippen LogP) is 3.42. The third-order valence-corrected chi connectivity index (χ3v) is 4.89. The molecule has 138 valence electrons. The second-order valence-corrected chi connectivity index (χ2v) is 7.59. The summed E-state index contributed by atoms with van der Waals surface area (Å²) in [4.78, 5) is 7.01. The molecule has 0 saturated carbocycles. The zero-order valence-electron chi connectivity index (χ0n) is 15.4. The average molecular weight is 456 g/mol. The summed E-state index contributed by atoms with van der Waals surface area (Å²) in [5, 5.41) is 6.97. The van der Waals surface area contributed by atoms with E-state index in [0.29, 0.717) is 6.04 Å². The van der Waals surface area contributed by atoms with Crippen molar-refractivity contribution in [3.05, 3.63) is 0 Å². The molecule has 1 aliphatic rings. The number of halogens is 1. The van der Waals surface area contributed by atoms with Crippen molar-refractivity contribution in [1.82, 2.24) is 15.5 Å². The lowest BCUT2D eigenvalue weighted by atomic mass is 10.0. The molecule has 6 heteroatoms. The highest BCUT2D eigenvalue weighted by Gasteiger charge is 2.22. The van der Waals surface area contributed by atoms with Gasteiger partial charge in [-0.3, -0.25) is 9.89 Å². The molecule has 1 atom stereocenters. The minimum absolute atomic E-state index is 0. The number of thioether (sulfide) groups is 1. The van der Waals surface area contributed by atoms with Gasteiger partial charge in [-0.15, -0.1) is 24.0 Å². The van der Waals surface area contributed by atoms with Gasteiger partial charge in [0.25, 0.3) is 0 Å². The van der Waals surface area contributed by atoms with Crippen molar-refractivity contribution in [3.63, 3.8) is 0 Å². The molecule has 1 unspecified atom stereocenters. The Kier molecular flexibility index (Phi) is 14.8. The summed E-state index contributed by atoms with van der Waals surface area (Å²) in [6.07, 6.45) is 8.63. The summed E-state index contributed by atoms with van der Waals surface area (Å²) in [5.74, 6) is 2.95. The van der Waals surface area contributed by atoms with Gasteiger partial charge >= 0.3 is 0 Å². The molecule has 1 heterocycles. The Morgan fingerprint density at radius 3 is 2.43 bits per heavy atom. The summed E-state index contributed by atoms with van der Waals surface area (Å²) >= 11 is 1.92. The van der Waals surface area contributed by atoms with Crippen LogP contribution in [0.1, 0.15) is 46.0 Å². The summed E-state index contributed by atoms with van der Waals surface area (Å²) < 4.78 is 0. The van der Waals surface area contributed by atoms with Gasteiger partial charge in [-0.2, -0.15) is 11.8 Å². The zero-order chi connectivity index (χ0) is 16.2. The topological polar surface area (TPSA) is 39.7 Å². The van der Waals surface area contributed by atoms with E-state index in [0.717, 1.165) is 25.0 Å². The molecule has 0 aromatic carbocycles. The lowest BCUT2D eigenvalue weighted by Crippen LogP contribution is -2.47. The highest BCUT2D eigenvalue weighted by molar-refractivity contribution is 14.0. The maximum Gasteiger partial charge on any atom is 0.191 e. The van der Waals surface area contributed by atoms with Gasteiger partial charge in [-0.25, -0.2) is 0 Å². The highest BCUT2D eigenvalue weighted by atomic mass is 127. The maximum absolute atomic E-state index is 4.35. The van der Waals surface area contributed by atoms with Gasteiger partial charge in [0.1, 0.15) is 0 Å². The first-order chi connectivity index (χ1) is 10.7. The van der Waals surface area contributed by atoms with E-state index < -0.39 is 0 Å². The van der Waals surface area contributed by atoms with Gasteiger partial charge in [0.05, 0.1) is 0 Å². The third kappa shape index (κ3) is 10.7. The third-order valence-electron chi connectivity index (χ3n) is 4.20. The van der Waals surface area contributed by atoms with Crippen LogP contribution in [-0.2, 0) is 0 Å². The monoisotopic (exact) mass is 456 g/mol. The maximum atomic E-state index is 4.35.